The summed E-state index contributed by atoms with van der Waals surface area (Å²) in [5.41, 5.74) is 1.84. The number of carbonyl (C=O) groups is 1. The fraction of sp³-hybridized carbons (Fsp3) is 0.375. The van der Waals surface area contributed by atoms with Crippen LogP contribution < -0.4 is 5.56 Å². The summed E-state index contributed by atoms with van der Waals surface area (Å²) in [5, 5.41) is 7.23. The Morgan fingerprint density at radius 1 is 1.42 bits per heavy atom. The average Bonchev–Trinajstić information content (AvgIpc) is 3.12. The van der Waals surface area contributed by atoms with Gasteiger partial charge < -0.3 is 9.72 Å². The largest absolute Gasteiger partial charge is 0.451 e. The van der Waals surface area contributed by atoms with Crippen molar-refractivity contribution in [2.75, 3.05) is 0 Å². The van der Waals surface area contributed by atoms with E-state index in [9.17, 15) is 9.59 Å². The molecule has 3 aromatic rings. The number of ether oxygens (including phenoxy) is 1. The normalized spacial score (nSPS) is 12.5. The summed E-state index contributed by atoms with van der Waals surface area (Å²) >= 11 is 1.46. The molecule has 0 saturated carbocycles. The molecule has 2 N–H and O–H groups in total. The highest BCUT2D eigenvalue weighted by Gasteiger charge is 2.21. The molecule has 3 heterocycles. The molecule has 0 radical (unpaired) electrons. The van der Waals surface area contributed by atoms with Gasteiger partial charge in [0, 0.05) is 10.6 Å². The maximum atomic E-state index is 12.3. The Kier molecular flexibility index (Phi) is 4.23. The summed E-state index contributed by atoms with van der Waals surface area (Å²) in [6, 6.07) is 0. The number of H-pyrrole nitrogens is 2. The quantitative estimate of drug-likeness (QED) is 0.708. The van der Waals surface area contributed by atoms with Crippen LogP contribution in [0.15, 0.2) is 11.0 Å². The molecule has 0 unspecified atom stereocenters. The van der Waals surface area contributed by atoms with E-state index in [0.29, 0.717) is 33.7 Å². The van der Waals surface area contributed by atoms with Crippen LogP contribution in [-0.4, -0.2) is 26.1 Å². The minimum Gasteiger partial charge on any atom is -0.451 e. The molecule has 7 nitrogen and oxygen atoms in total. The van der Waals surface area contributed by atoms with Gasteiger partial charge in [-0.3, -0.25) is 9.89 Å². The van der Waals surface area contributed by atoms with Crippen LogP contribution in [0.4, 0.5) is 0 Å². The SMILES string of the molecule is CCc1[nH]ncc1C(=O)O[C@H](C)c1nc2sc(C)c(C)c2c(=O)[nH]1. The van der Waals surface area contributed by atoms with E-state index in [1.807, 2.05) is 20.8 Å². The van der Waals surface area contributed by atoms with Crippen molar-refractivity contribution in [3.63, 3.8) is 0 Å². The topological polar surface area (TPSA) is 101 Å². The zero-order valence-corrected chi connectivity index (χ0v) is 14.7. The predicted molar refractivity (Wildman–Crippen MR) is 91.5 cm³/mol. The maximum absolute atomic E-state index is 12.3. The summed E-state index contributed by atoms with van der Waals surface area (Å²) in [5.74, 6) is -0.155. The zero-order valence-electron chi connectivity index (χ0n) is 13.9. The molecule has 0 aliphatic carbocycles. The molecule has 3 aromatic heterocycles. The first-order chi connectivity index (χ1) is 11.4. The van der Waals surface area contributed by atoms with Crippen LogP contribution in [0, 0.1) is 13.8 Å². The zero-order chi connectivity index (χ0) is 17.4. The van der Waals surface area contributed by atoms with Gasteiger partial charge in [-0.1, -0.05) is 6.92 Å². The number of thiophene rings is 1. The first-order valence-corrected chi connectivity index (χ1v) is 8.47. The van der Waals surface area contributed by atoms with Crippen LogP contribution in [0.2, 0.25) is 0 Å². The third kappa shape index (κ3) is 2.73. The number of aryl methyl sites for hydroxylation is 3. The molecule has 0 spiro atoms. The molecule has 3 rings (SSSR count). The lowest BCUT2D eigenvalue weighted by Crippen LogP contribution is -2.17. The van der Waals surface area contributed by atoms with Gasteiger partial charge in [-0.2, -0.15) is 5.10 Å². The van der Waals surface area contributed by atoms with Crippen LogP contribution in [0.1, 0.15) is 52.3 Å². The first kappa shape index (κ1) is 16.4. The summed E-state index contributed by atoms with van der Waals surface area (Å²) in [6.45, 7) is 7.46. The molecule has 0 aromatic carbocycles. The molecular weight excluding hydrogens is 328 g/mol. The van der Waals surface area contributed by atoms with Gasteiger partial charge in [0.15, 0.2) is 11.9 Å². The van der Waals surface area contributed by atoms with E-state index in [2.05, 4.69) is 20.2 Å². The highest BCUT2D eigenvalue weighted by atomic mass is 32.1. The number of nitrogens with zero attached hydrogens (tertiary/aromatic N) is 2. The van der Waals surface area contributed by atoms with Gasteiger partial charge in [0.1, 0.15) is 10.4 Å². The monoisotopic (exact) mass is 346 g/mol. The Balaban J connectivity index is 1.90. The van der Waals surface area contributed by atoms with Gasteiger partial charge in [0.2, 0.25) is 0 Å². The molecule has 0 amide bonds. The second-order valence-electron chi connectivity index (χ2n) is 5.58. The van der Waals surface area contributed by atoms with E-state index in [1.54, 1.807) is 6.92 Å². The highest BCUT2D eigenvalue weighted by Crippen LogP contribution is 2.27. The number of hydrogen-bond donors (Lipinski definition) is 2. The van der Waals surface area contributed by atoms with Crippen molar-refractivity contribution in [2.24, 2.45) is 0 Å². The molecule has 8 heteroatoms. The number of carbonyl (C=O) groups excluding carboxylic acids is 1. The second-order valence-corrected chi connectivity index (χ2v) is 6.78. The summed E-state index contributed by atoms with van der Waals surface area (Å²) < 4.78 is 5.44. The molecular formula is C16H18N4O3S. The first-order valence-electron chi connectivity index (χ1n) is 7.65. The lowest BCUT2D eigenvalue weighted by Gasteiger charge is -2.12. The Hall–Kier alpha value is -2.48. The molecule has 126 valence electrons. The van der Waals surface area contributed by atoms with Crippen LogP contribution in [-0.2, 0) is 11.2 Å². The minimum atomic E-state index is -0.670. The van der Waals surface area contributed by atoms with E-state index in [4.69, 9.17) is 4.74 Å². The standard InChI is InChI=1S/C16H18N4O3S/c1-5-11-10(6-17-20-11)16(22)23-8(3)13-18-14(21)12-7(2)9(4)24-15(12)19-13/h6,8H,5H2,1-4H3,(H,17,20)(H,18,19,21)/t8-/m1/s1. The molecule has 0 fully saturated rings. The number of aromatic nitrogens is 4. The Labute approximate surface area is 142 Å². The summed E-state index contributed by atoms with van der Waals surface area (Å²) in [6.07, 6.45) is 1.42. The molecule has 0 saturated heterocycles. The predicted octanol–water partition coefficient (Wildman–Crippen LogP) is 2.80. The van der Waals surface area contributed by atoms with E-state index in [0.717, 1.165) is 10.4 Å². The molecule has 24 heavy (non-hydrogen) atoms. The number of esters is 1. The van der Waals surface area contributed by atoms with Crippen molar-refractivity contribution in [1.82, 2.24) is 20.2 Å². The van der Waals surface area contributed by atoms with Crippen LogP contribution in [0.3, 0.4) is 0 Å². The fourth-order valence-corrected chi connectivity index (χ4v) is 3.54. The number of fused-ring (bicyclic) bond motifs is 1. The lowest BCUT2D eigenvalue weighted by molar-refractivity contribution is 0.0319. The van der Waals surface area contributed by atoms with Crippen molar-refractivity contribution >= 4 is 27.5 Å². The van der Waals surface area contributed by atoms with E-state index >= 15 is 0 Å². The highest BCUT2D eigenvalue weighted by molar-refractivity contribution is 7.18. The summed E-state index contributed by atoms with van der Waals surface area (Å²) in [4.78, 5) is 33.5. The summed E-state index contributed by atoms with van der Waals surface area (Å²) in [7, 11) is 0. The minimum absolute atomic E-state index is 0.211. The number of nitrogens with one attached hydrogen (secondary N) is 2. The Bertz CT molecular complexity index is 970. The third-order valence-corrected chi connectivity index (χ3v) is 5.12. The number of hydrogen-bond acceptors (Lipinski definition) is 6. The van der Waals surface area contributed by atoms with Gasteiger partial charge in [-0.25, -0.2) is 9.78 Å². The number of rotatable bonds is 4. The van der Waals surface area contributed by atoms with Gasteiger partial charge in [-0.15, -0.1) is 11.3 Å². The lowest BCUT2D eigenvalue weighted by atomic mass is 10.2. The van der Waals surface area contributed by atoms with E-state index in [1.165, 1.54) is 17.5 Å². The molecule has 0 bridgehead atoms. The molecule has 0 aliphatic heterocycles. The third-order valence-electron chi connectivity index (χ3n) is 4.02. The van der Waals surface area contributed by atoms with Crippen molar-refractivity contribution < 1.29 is 9.53 Å². The fourth-order valence-electron chi connectivity index (χ4n) is 2.50. The van der Waals surface area contributed by atoms with E-state index < -0.39 is 12.1 Å². The maximum Gasteiger partial charge on any atom is 0.342 e. The molecule has 1 atom stereocenters. The van der Waals surface area contributed by atoms with Crippen LogP contribution >= 0.6 is 11.3 Å². The van der Waals surface area contributed by atoms with Crippen molar-refractivity contribution in [3.8, 4) is 0 Å². The Morgan fingerprint density at radius 2 is 2.17 bits per heavy atom. The van der Waals surface area contributed by atoms with Gasteiger partial charge >= 0.3 is 5.97 Å². The number of aromatic amines is 2. The van der Waals surface area contributed by atoms with Crippen LogP contribution in [0.25, 0.3) is 10.2 Å². The average molecular weight is 346 g/mol. The van der Waals surface area contributed by atoms with Gasteiger partial charge in [-0.05, 0) is 32.8 Å². The van der Waals surface area contributed by atoms with Crippen molar-refractivity contribution in [3.05, 3.63) is 44.1 Å². The molecule has 0 aliphatic rings. The van der Waals surface area contributed by atoms with Crippen molar-refractivity contribution in [2.45, 2.75) is 40.2 Å². The van der Waals surface area contributed by atoms with Crippen LogP contribution in [0.5, 0.6) is 0 Å². The van der Waals surface area contributed by atoms with E-state index in [-0.39, 0.29) is 5.56 Å². The smallest absolute Gasteiger partial charge is 0.342 e. The van der Waals surface area contributed by atoms with Gasteiger partial charge in [0.25, 0.3) is 5.56 Å². The van der Waals surface area contributed by atoms with Crippen molar-refractivity contribution in [1.29, 1.82) is 0 Å². The Morgan fingerprint density at radius 3 is 2.88 bits per heavy atom. The second kappa shape index (κ2) is 6.20. The van der Waals surface area contributed by atoms with Gasteiger partial charge in [0.05, 0.1) is 11.6 Å².